The summed E-state index contributed by atoms with van der Waals surface area (Å²) in [6.45, 7) is 6.37. The summed E-state index contributed by atoms with van der Waals surface area (Å²) in [7, 11) is 0. The molecule has 2 aromatic rings. The predicted octanol–water partition coefficient (Wildman–Crippen LogP) is 2.04. The Kier molecular flexibility index (Phi) is 5.67. The third-order valence-electron chi connectivity index (χ3n) is 4.00. The van der Waals surface area contributed by atoms with Crippen molar-refractivity contribution in [1.82, 2.24) is 19.9 Å². The van der Waals surface area contributed by atoms with Crippen LogP contribution in [-0.2, 0) is 16.1 Å². The number of ether oxygens (including phenoxy) is 1. The van der Waals surface area contributed by atoms with Gasteiger partial charge in [0.05, 0.1) is 25.1 Å². The van der Waals surface area contributed by atoms with Gasteiger partial charge in [-0.05, 0) is 0 Å². The van der Waals surface area contributed by atoms with Gasteiger partial charge in [0.2, 0.25) is 5.91 Å². The van der Waals surface area contributed by atoms with Gasteiger partial charge in [0.25, 0.3) is 0 Å². The highest BCUT2D eigenvalue weighted by Gasteiger charge is 2.28. The monoisotopic (exact) mass is 365 g/mol. The van der Waals surface area contributed by atoms with Crippen molar-refractivity contribution < 1.29 is 13.9 Å². The fourth-order valence-electron chi connectivity index (χ4n) is 2.71. The summed E-state index contributed by atoms with van der Waals surface area (Å²) in [5.74, 6) is -0.0124. The molecule has 0 bridgehead atoms. The minimum absolute atomic E-state index is 0.0280. The number of halogens is 1. The van der Waals surface area contributed by atoms with Crippen LogP contribution < -0.4 is 5.32 Å². The zero-order chi connectivity index (χ0) is 17.8. The summed E-state index contributed by atoms with van der Waals surface area (Å²) >= 11 is 1.47. The Morgan fingerprint density at radius 1 is 1.44 bits per heavy atom. The molecule has 0 aromatic carbocycles. The van der Waals surface area contributed by atoms with Gasteiger partial charge in [-0.1, -0.05) is 6.92 Å². The van der Waals surface area contributed by atoms with E-state index in [2.05, 4.69) is 25.2 Å². The average molecular weight is 365 g/mol. The number of hydrogen-bond acceptors (Lipinski definition) is 7. The largest absolute Gasteiger partial charge is 0.375 e. The van der Waals surface area contributed by atoms with Crippen molar-refractivity contribution in [3.63, 3.8) is 0 Å². The Labute approximate surface area is 149 Å². The topological polar surface area (TPSA) is 80.2 Å². The molecule has 25 heavy (non-hydrogen) atoms. The maximum Gasteiger partial charge on any atom is 0.223 e. The molecule has 7 nitrogen and oxygen atoms in total. The average Bonchev–Trinajstić information content (AvgIpc) is 3.01. The fourth-order valence-corrected chi connectivity index (χ4v) is 3.61. The fraction of sp³-hybridized carbons (Fsp3) is 0.500. The van der Waals surface area contributed by atoms with Crippen molar-refractivity contribution in [2.24, 2.45) is 0 Å². The van der Waals surface area contributed by atoms with Gasteiger partial charge in [0.15, 0.2) is 10.9 Å². The molecule has 9 heteroatoms. The van der Waals surface area contributed by atoms with Gasteiger partial charge in [-0.3, -0.25) is 9.69 Å². The molecule has 0 saturated carbocycles. The van der Waals surface area contributed by atoms with Crippen molar-refractivity contribution in [2.75, 3.05) is 25.0 Å². The van der Waals surface area contributed by atoms with Gasteiger partial charge in [-0.25, -0.2) is 19.3 Å². The summed E-state index contributed by atoms with van der Waals surface area (Å²) in [6.07, 6.45) is 4.09. The van der Waals surface area contributed by atoms with Crippen LogP contribution in [0.2, 0.25) is 0 Å². The van der Waals surface area contributed by atoms with Crippen LogP contribution in [0.3, 0.4) is 0 Å². The number of nitrogens with one attached hydrogen (secondary N) is 1. The Balaban J connectivity index is 1.60. The van der Waals surface area contributed by atoms with E-state index in [1.807, 2.05) is 6.92 Å². The van der Waals surface area contributed by atoms with E-state index in [0.717, 1.165) is 24.5 Å². The van der Waals surface area contributed by atoms with E-state index in [1.54, 1.807) is 6.20 Å². The lowest BCUT2D eigenvalue weighted by molar-refractivity contribution is -0.114. The lowest BCUT2D eigenvalue weighted by atomic mass is 10.0. The van der Waals surface area contributed by atoms with Gasteiger partial charge >= 0.3 is 0 Å². The minimum atomic E-state index is -0.442. The van der Waals surface area contributed by atoms with Crippen LogP contribution in [0.5, 0.6) is 0 Å². The molecule has 0 radical (unpaired) electrons. The molecule has 1 unspecified atom stereocenters. The van der Waals surface area contributed by atoms with Crippen molar-refractivity contribution in [3.8, 4) is 0 Å². The molecule has 1 saturated heterocycles. The number of amides is 1. The predicted molar refractivity (Wildman–Crippen MR) is 91.8 cm³/mol. The summed E-state index contributed by atoms with van der Waals surface area (Å²) in [4.78, 5) is 26.8. The number of rotatable bonds is 5. The molecule has 1 fully saturated rings. The van der Waals surface area contributed by atoms with Crippen molar-refractivity contribution in [1.29, 1.82) is 0 Å². The Morgan fingerprint density at radius 3 is 2.92 bits per heavy atom. The SMILES string of the molecule is CC(=O)Nc1ncc(CN2CCOC([C@H](C)c3ncc(F)cn3)C2)s1. The molecule has 3 rings (SSSR count). The van der Waals surface area contributed by atoms with E-state index in [4.69, 9.17) is 4.74 Å². The number of aromatic nitrogens is 3. The molecule has 134 valence electrons. The first-order valence-corrected chi connectivity index (χ1v) is 8.86. The highest BCUT2D eigenvalue weighted by Crippen LogP contribution is 2.24. The summed E-state index contributed by atoms with van der Waals surface area (Å²) in [5, 5.41) is 3.31. The van der Waals surface area contributed by atoms with E-state index >= 15 is 0 Å². The number of carbonyl (C=O) groups is 1. The number of hydrogen-bond donors (Lipinski definition) is 1. The Morgan fingerprint density at radius 2 is 2.20 bits per heavy atom. The first-order valence-electron chi connectivity index (χ1n) is 8.05. The van der Waals surface area contributed by atoms with Crippen molar-refractivity contribution in [3.05, 3.63) is 35.1 Å². The Hall–Kier alpha value is -1.97. The van der Waals surface area contributed by atoms with Crippen LogP contribution in [0.15, 0.2) is 18.6 Å². The third kappa shape index (κ3) is 4.77. The first kappa shape index (κ1) is 17.8. The summed E-state index contributed by atoms with van der Waals surface area (Å²) < 4.78 is 18.8. The zero-order valence-corrected chi connectivity index (χ0v) is 14.9. The zero-order valence-electron chi connectivity index (χ0n) is 14.1. The van der Waals surface area contributed by atoms with Gasteiger partial charge < -0.3 is 10.1 Å². The van der Waals surface area contributed by atoms with Crippen molar-refractivity contribution >= 4 is 22.4 Å². The van der Waals surface area contributed by atoms with Gasteiger partial charge in [0.1, 0.15) is 5.82 Å². The molecule has 2 aromatic heterocycles. The standard InChI is InChI=1S/C16H20FN5O2S/c1-10(15-18-5-12(17)6-19-15)14-9-22(3-4-24-14)8-13-7-20-16(25-13)21-11(2)23/h5-7,10,14H,3-4,8-9H2,1-2H3,(H,20,21,23)/t10-,14?/m0/s1. The number of thiazole rings is 1. The van der Waals surface area contributed by atoms with Gasteiger partial charge in [-0.2, -0.15) is 0 Å². The van der Waals surface area contributed by atoms with Gasteiger partial charge in [0, 0.05) is 43.5 Å². The number of anilines is 1. The number of morpholine rings is 1. The molecule has 2 atom stereocenters. The van der Waals surface area contributed by atoms with E-state index < -0.39 is 5.82 Å². The van der Waals surface area contributed by atoms with Crippen molar-refractivity contribution in [2.45, 2.75) is 32.4 Å². The molecule has 0 spiro atoms. The van der Waals surface area contributed by atoms with Crippen LogP contribution in [0.4, 0.5) is 9.52 Å². The maximum absolute atomic E-state index is 13.0. The minimum Gasteiger partial charge on any atom is -0.375 e. The molecular formula is C16H20FN5O2S. The highest BCUT2D eigenvalue weighted by atomic mass is 32.1. The normalized spacial score (nSPS) is 19.6. The summed E-state index contributed by atoms with van der Waals surface area (Å²) in [5.41, 5.74) is 0. The van der Waals surface area contributed by atoms with E-state index in [1.165, 1.54) is 30.7 Å². The first-order chi connectivity index (χ1) is 12.0. The third-order valence-corrected chi connectivity index (χ3v) is 4.90. The summed E-state index contributed by atoms with van der Waals surface area (Å²) in [6, 6.07) is 0. The second-order valence-electron chi connectivity index (χ2n) is 6.01. The van der Waals surface area contributed by atoms with Crippen LogP contribution in [-0.4, -0.2) is 51.6 Å². The molecular weight excluding hydrogens is 345 g/mol. The van der Waals surface area contributed by atoms with Crippen LogP contribution in [0.25, 0.3) is 0 Å². The molecule has 3 heterocycles. The lowest BCUT2D eigenvalue weighted by Crippen LogP contribution is -2.44. The molecule has 1 amide bonds. The maximum atomic E-state index is 13.0. The van der Waals surface area contributed by atoms with E-state index in [9.17, 15) is 9.18 Å². The smallest absolute Gasteiger partial charge is 0.223 e. The number of carbonyl (C=O) groups excluding carboxylic acids is 1. The molecule has 1 N–H and O–H groups in total. The molecule has 0 aliphatic carbocycles. The highest BCUT2D eigenvalue weighted by molar-refractivity contribution is 7.15. The quantitative estimate of drug-likeness (QED) is 0.873. The molecule has 1 aliphatic rings. The van der Waals surface area contributed by atoms with E-state index in [-0.39, 0.29) is 17.9 Å². The van der Waals surface area contributed by atoms with Gasteiger partial charge in [-0.15, -0.1) is 11.3 Å². The Bertz CT molecular complexity index is 724. The van der Waals surface area contributed by atoms with Crippen LogP contribution in [0, 0.1) is 5.82 Å². The lowest BCUT2D eigenvalue weighted by Gasteiger charge is -2.35. The van der Waals surface area contributed by atoms with Crippen LogP contribution in [0.1, 0.15) is 30.5 Å². The van der Waals surface area contributed by atoms with Crippen LogP contribution >= 0.6 is 11.3 Å². The second kappa shape index (κ2) is 7.94. The second-order valence-corrected chi connectivity index (χ2v) is 7.12. The van der Waals surface area contributed by atoms with E-state index in [0.29, 0.717) is 17.6 Å². The number of nitrogens with zero attached hydrogens (tertiary/aromatic N) is 4. The molecule has 1 aliphatic heterocycles.